The number of carbonyl (C=O) groups is 1. The Morgan fingerprint density at radius 1 is 1.24 bits per heavy atom. The molecule has 17 heavy (non-hydrogen) atoms. The predicted molar refractivity (Wildman–Crippen MR) is 67.1 cm³/mol. The second-order valence-electron chi connectivity index (χ2n) is 5.56. The molecule has 1 aromatic carbocycles. The number of phenols is 2. The second kappa shape index (κ2) is 4.78. The Hall–Kier alpha value is -1.51. The molecule has 0 spiro atoms. The predicted octanol–water partition coefficient (Wildman–Crippen LogP) is 2.89. The van der Waals surface area contributed by atoms with Crippen molar-refractivity contribution in [3.8, 4) is 11.5 Å². The monoisotopic (exact) mass is 236 g/mol. The van der Waals surface area contributed by atoms with Crippen LogP contribution in [0.25, 0.3) is 0 Å². The van der Waals surface area contributed by atoms with Crippen LogP contribution in [0.3, 0.4) is 0 Å². The third-order valence-corrected chi connectivity index (χ3v) is 3.02. The number of ketones is 1. The van der Waals surface area contributed by atoms with Crippen LogP contribution >= 0.6 is 0 Å². The molecule has 0 heterocycles. The molecule has 0 fully saturated rings. The van der Waals surface area contributed by atoms with Crippen molar-refractivity contribution in [2.75, 3.05) is 0 Å². The molecule has 0 aromatic heterocycles. The number of rotatable bonds is 3. The van der Waals surface area contributed by atoms with E-state index >= 15 is 0 Å². The number of carbonyl (C=O) groups excluding carboxylic acids is 1. The lowest BCUT2D eigenvalue weighted by Gasteiger charge is -2.28. The van der Waals surface area contributed by atoms with Crippen molar-refractivity contribution in [1.29, 1.82) is 0 Å². The standard InChI is InChI=1S/C14H20O3/c1-9(15)11(14(2,3)4)7-10-5-6-12(16)13(17)8-10/h5-6,8,11,16-17H,7H2,1-4H3. The summed E-state index contributed by atoms with van der Waals surface area (Å²) < 4.78 is 0. The van der Waals surface area contributed by atoms with E-state index in [1.54, 1.807) is 13.0 Å². The zero-order valence-corrected chi connectivity index (χ0v) is 10.8. The molecule has 94 valence electrons. The molecule has 3 heteroatoms. The van der Waals surface area contributed by atoms with E-state index in [0.717, 1.165) is 5.56 Å². The van der Waals surface area contributed by atoms with Gasteiger partial charge in [0.2, 0.25) is 0 Å². The number of benzene rings is 1. The fraction of sp³-hybridized carbons (Fsp3) is 0.500. The van der Waals surface area contributed by atoms with E-state index < -0.39 is 0 Å². The number of phenolic OH excluding ortho intramolecular Hbond substituents is 2. The first kappa shape index (κ1) is 13.6. The van der Waals surface area contributed by atoms with Crippen LogP contribution in [0.15, 0.2) is 18.2 Å². The van der Waals surface area contributed by atoms with Crippen LogP contribution in [0.1, 0.15) is 33.3 Å². The highest BCUT2D eigenvalue weighted by Gasteiger charge is 2.28. The van der Waals surface area contributed by atoms with E-state index in [1.807, 2.05) is 20.8 Å². The van der Waals surface area contributed by atoms with Crippen molar-refractivity contribution >= 4 is 5.78 Å². The van der Waals surface area contributed by atoms with E-state index in [1.165, 1.54) is 12.1 Å². The summed E-state index contributed by atoms with van der Waals surface area (Å²) in [5.41, 5.74) is 0.745. The van der Waals surface area contributed by atoms with Crippen LogP contribution in [0, 0.1) is 11.3 Å². The Labute approximate surface area is 102 Å². The van der Waals surface area contributed by atoms with Gasteiger partial charge in [-0.3, -0.25) is 4.79 Å². The molecule has 3 nitrogen and oxygen atoms in total. The smallest absolute Gasteiger partial charge is 0.157 e. The van der Waals surface area contributed by atoms with Crippen molar-refractivity contribution in [2.24, 2.45) is 11.3 Å². The first-order valence-corrected chi connectivity index (χ1v) is 5.73. The molecule has 1 unspecified atom stereocenters. The minimum atomic E-state index is -0.140. The Kier molecular flexibility index (Phi) is 3.81. The van der Waals surface area contributed by atoms with Gasteiger partial charge in [-0.2, -0.15) is 0 Å². The van der Waals surface area contributed by atoms with Gasteiger partial charge in [-0.1, -0.05) is 26.8 Å². The van der Waals surface area contributed by atoms with Crippen LogP contribution in [0.4, 0.5) is 0 Å². The number of aromatic hydroxyl groups is 2. The van der Waals surface area contributed by atoms with E-state index in [4.69, 9.17) is 0 Å². The Bertz CT molecular complexity index is 416. The zero-order valence-electron chi connectivity index (χ0n) is 10.8. The van der Waals surface area contributed by atoms with Crippen LogP contribution in [-0.4, -0.2) is 16.0 Å². The van der Waals surface area contributed by atoms with Crippen LogP contribution in [0.2, 0.25) is 0 Å². The molecule has 0 aliphatic heterocycles. The highest BCUT2D eigenvalue weighted by Crippen LogP contribution is 2.32. The van der Waals surface area contributed by atoms with Crippen molar-refractivity contribution in [3.05, 3.63) is 23.8 Å². The Morgan fingerprint density at radius 3 is 2.24 bits per heavy atom. The topological polar surface area (TPSA) is 57.5 Å². The van der Waals surface area contributed by atoms with Gasteiger partial charge in [-0.15, -0.1) is 0 Å². The molecular weight excluding hydrogens is 216 g/mol. The second-order valence-corrected chi connectivity index (χ2v) is 5.56. The lowest BCUT2D eigenvalue weighted by molar-refractivity contribution is -0.123. The van der Waals surface area contributed by atoms with Gasteiger partial charge < -0.3 is 10.2 Å². The minimum Gasteiger partial charge on any atom is -0.504 e. The number of hydrogen-bond acceptors (Lipinski definition) is 3. The summed E-state index contributed by atoms with van der Waals surface area (Å²) in [6, 6.07) is 4.69. The molecule has 1 aromatic rings. The average Bonchev–Trinajstić information content (AvgIpc) is 2.17. The van der Waals surface area contributed by atoms with Crippen molar-refractivity contribution < 1.29 is 15.0 Å². The lowest BCUT2D eigenvalue weighted by Crippen LogP contribution is -2.28. The van der Waals surface area contributed by atoms with Gasteiger partial charge >= 0.3 is 0 Å². The van der Waals surface area contributed by atoms with Gasteiger partial charge in [0.25, 0.3) is 0 Å². The summed E-state index contributed by atoms with van der Waals surface area (Å²) >= 11 is 0. The van der Waals surface area contributed by atoms with Crippen LogP contribution in [0.5, 0.6) is 11.5 Å². The summed E-state index contributed by atoms with van der Waals surface area (Å²) in [4.78, 5) is 11.6. The maximum absolute atomic E-state index is 11.6. The Morgan fingerprint density at radius 2 is 1.82 bits per heavy atom. The molecule has 0 amide bonds. The van der Waals surface area contributed by atoms with Gasteiger partial charge in [0.15, 0.2) is 11.5 Å². The summed E-state index contributed by atoms with van der Waals surface area (Å²) in [7, 11) is 0. The fourth-order valence-corrected chi connectivity index (χ4v) is 1.99. The van der Waals surface area contributed by atoms with E-state index in [-0.39, 0.29) is 28.6 Å². The van der Waals surface area contributed by atoms with Gasteiger partial charge in [0, 0.05) is 5.92 Å². The van der Waals surface area contributed by atoms with Crippen molar-refractivity contribution in [2.45, 2.75) is 34.1 Å². The lowest BCUT2D eigenvalue weighted by atomic mass is 9.75. The van der Waals surface area contributed by atoms with Crippen LogP contribution < -0.4 is 0 Å². The quantitative estimate of drug-likeness (QED) is 0.793. The first-order chi connectivity index (χ1) is 7.71. The van der Waals surface area contributed by atoms with Gasteiger partial charge in [-0.25, -0.2) is 0 Å². The minimum absolute atomic E-state index is 0.0913. The molecule has 0 aliphatic carbocycles. The maximum atomic E-state index is 11.6. The number of hydrogen-bond donors (Lipinski definition) is 2. The first-order valence-electron chi connectivity index (χ1n) is 5.73. The van der Waals surface area contributed by atoms with E-state index in [9.17, 15) is 15.0 Å². The van der Waals surface area contributed by atoms with Gasteiger partial charge in [0.05, 0.1) is 0 Å². The molecule has 2 N–H and O–H groups in total. The zero-order chi connectivity index (χ0) is 13.2. The Balaban J connectivity index is 2.95. The summed E-state index contributed by atoms with van der Waals surface area (Å²) in [6.07, 6.45) is 0.576. The largest absolute Gasteiger partial charge is 0.504 e. The molecule has 0 bridgehead atoms. The molecule has 0 radical (unpaired) electrons. The maximum Gasteiger partial charge on any atom is 0.157 e. The molecule has 0 saturated carbocycles. The molecular formula is C14H20O3. The molecule has 0 saturated heterocycles. The van der Waals surface area contributed by atoms with E-state index in [2.05, 4.69) is 0 Å². The van der Waals surface area contributed by atoms with E-state index in [0.29, 0.717) is 6.42 Å². The summed E-state index contributed by atoms with van der Waals surface area (Å²) in [5, 5.41) is 18.6. The van der Waals surface area contributed by atoms with Crippen molar-refractivity contribution in [1.82, 2.24) is 0 Å². The average molecular weight is 236 g/mol. The highest BCUT2D eigenvalue weighted by molar-refractivity contribution is 5.79. The number of Topliss-reactive ketones (excluding diaryl/α,β-unsaturated/α-hetero) is 1. The summed E-state index contributed by atoms with van der Waals surface area (Å²) in [5.74, 6) is -0.223. The van der Waals surface area contributed by atoms with Crippen molar-refractivity contribution in [3.63, 3.8) is 0 Å². The van der Waals surface area contributed by atoms with Gasteiger partial charge in [-0.05, 0) is 36.5 Å². The molecule has 1 rings (SSSR count). The SMILES string of the molecule is CC(=O)C(Cc1ccc(O)c(O)c1)C(C)(C)C. The third kappa shape index (κ3) is 3.48. The highest BCUT2D eigenvalue weighted by atomic mass is 16.3. The molecule has 1 atom stereocenters. The van der Waals surface area contributed by atoms with Crippen LogP contribution in [-0.2, 0) is 11.2 Å². The fourth-order valence-electron chi connectivity index (χ4n) is 1.99. The van der Waals surface area contributed by atoms with Gasteiger partial charge in [0.1, 0.15) is 5.78 Å². The summed E-state index contributed by atoms with van der Waals surface area (Å²) in [6.45, 7) is 7.67. The third-order valence-electron chi connectivity index (χ3n) is 3.02. The normalized spacial score (nSPS) is 13.4. The molecule has 0 aliphatic rings.